The molecule has 0 heterocycles. The Hall–Kier alpha value is -1.38. The second kappa shape index (κ2) is 4.91. The first kappa shape index (κ1) is 11.7. The largest absolute Gasteiger partial charge is 0.469 e. The fraction of sp³-hybridized carbons (Fsp3) is 0.417. The molecule has 2 nitrogen and oxygen atoms in total. The van der Waals surface area contributed by atoms with Crippen molar-refractivity contribution < 1.29 is 13.9 Å². The van der Waals surface area contributed by atoms with E-state index in [9.17, 15) is 9.18 Å². The Kier molecular flexibility index (Phi) is 3.83. The predicted molar refractivity (Wildman–Crippen MR) is 56.2 cm³/mol. The molecular formula is C12H15FO2. The number of hydrogen-bond donors (Lipinski definition) is 0. The van der Waals surface area contributed by atoms with E-state index in [0.717, 1.165) is 0 Å². The molecule has 0 amide bonds. The normalized spacial score (nSPS) is 14.3. The molecular weight excluding hydrogens is 195 g/mol. The molecule has 0 aliphatic rings. The molecule has 0 fully saturated rings. The van der Waals surface area contributed by atoms with E-state index in [4.69, 9.17) is 0 Å². The summed E-state index contributed by atoms with van der Waals surface area (Å²) in [4.78, 5) is 11.1. The molecule has 0 saturated heterocycles. The van der Waals surface area contributed by atoms with E-state index in [1.165, 1.54) is 7.11 Å². The molecule has 0 spiro atoms. The average Bonchev–Trinajstić information content (AvgIpc) is 2.30. The van der Waals surface area contributed by atoms with E-state index < -0.39 is 11.6 Å². The smallest absolute Gasteiger partial charge is 0.309 e. The highest BCUT2D eigenvalue weighted by atomic mass is 19.1. The van der Waals surface area contributed by atoms with Crippen molar-refractivity contribution in [2.45, 2.75) is 25.4 Å². The van der Waals surface area contributed by atoms with Gasteiger partial charge in [0.25, 0.3) is 0 Å². The molecule has 0 aromatic heterocycles. The first-order valence-corrected chi connectivity index (χ1v) is 4.93. The van der Waals surface area contributed by atoms with Gasteiger partial charge in [0.15, 0.2) is 0 Å². The lowest BCUT2D eigenvalue weighted by Crippen LogP contribution is -2.24. The van der Waals surface area contributed by atoms with Crippen LogP contribution in [0.3, 0.4) is 0 Å². The Labute approximate surface area is 89.1 Å². The minimum Gasteiger partial charge on any atom is -0.469 e. The average molecular weight is 210 g/mol. The minimum atomic E-state index is -1.62. The van der Waals surface area contributed by atoms with Gasteiger partial charge in [0, 0.05) is 0 Å². The zero-order valence-electron chi connectivity index (χ0n) is 9.00. The van der Waals surface area contributed by atoms with Gasteiger partial charge in [-0.3, -0.25) is 4.79 Å². The molecule has 0 aliphatic carbocycles. The molecule has 1 aromatic rings. The molecule has 0 aliphatic heterocycles. The van der Waals surface area contributed by atoms with Crippen LogP contribution >= 0.6 is 0 Å². The number of esters is 1. The van der Waals surface area contributed by atoms with Gasteiger partial charge < -0.3 is 4.74 Å². The highest BCUT2D eigenvalue weighted by Crippen LogP contribution is 2.33. The number of halogens is 1. The highest BCUT2D eigenvalue weighted by molar-refractivity contribution is 5.70. The number of rotatable bonds is 4. The van der Waals surface area contributed by atoms with E-state index in [-0.39, 0.29) is 12.8 Å². The Balaban J connectivity index is 2.90. The summed E-state index contributed by atoms with van der Waals surface area (Å²) in [5.41, 5.74) is -1.09. The predicted octanol–water partition coefficient (Wildman–Crippen LogP) is 2.82. The number of carbonyl (C=O) groups excluding carboxylic acids is 1. The molecule has 0 saturated carbocycles. The molecule has 1 atom stereocenters. The topological polar surface area (TPSA) is 26.3 Å². The van der Waals surface area contributed by atoms with E-state index in [2.05, 4.69) is 4.74 Å². The van der Waals surface area contributed by atoms with Crippen molar-refractivity contribution >= 4 is 5.97 Å². The summed E-state index contributed by atoms with van der Waals surface area (Å²) in [5.74, 6) is -0.525. The molecule has 82 valence electrons. The zero-order chi connectivity index (χ0) is 11.3. The molecule has 1 unspecified atom stereocenters. The maximum atomic E-state index is 14.4. The molecule has 1 rings (SSSR count). The van der Waals surface area contributed by atoms with Crippen molar-refractivity contribution in [3.63, 3.8) is 0 Å². The van der Waals surface area contributed by atoms with Gasteiger partial charge in [-0.15, -0.1) is 0 Å². The SMILES string of the molecule is CCC(F)(CC(=O)OC)c1ccccc1. The van der Waals surface area contributed by atoms with Crippen LogP contribution in [0.2, 0.25) is 0 Å². The van der Waals surface area contributed by atoms with Gasteiger partial charge in [0.2, 0.25) is 0 Å². The fourth-order valence-electron chi connectivity index (χ4n) is 1.47. The van der Waals surface area contributed by atoms with Gasteiger partial charge in [0.1, 0.15) is 5.67 Å². The van der Waals surface area contributed by atoms with Crippen LogP contribution in [0.25, 0.3) is 0 Å². The summed E-state index contributed by atoms with van der Waals surface area (Å²) in [5, 5.41) is 0. The van der Waals surface area contributed by atoms with Crippen molar-refractivity contribution in [1.29, 1.82) is 0 Å². The lowest BCUT2D eigenvalue weighted by Gasteiger charge is -2.22. The summed E-state index contributed by atoms with van der Waals surface area (Å²) >= 11 is 0. The first-order chi connectivity index (χ1) is 7.12. The highest BCUT2D eigenvalue weighted by Gasteiger charge is 2.33. The molecule has 1 aromatic carbocycles. The summed E-state index contributed by atoms with van der Waals surface area (Å²) in [6.45, 7) is 1.72. The van der Waals surface area contributed by atoms with Gasteiger partial charge in [0.05, 0.1) is 13.5 Å². The Morgan fingerprint density at radius 2 is 2.00 bits per heavy atom. The molecule has 3 heteroatoms. The molecule has 0 bridgehead atoms. The fourth-order valence-corrected chi connectivity index (χ4v) is 1.47. The van der Waals surface area contributed by atoms with Gasteiger partial charge in [-0.2, -0.15) is 0 Å². The van der Waals surface area contributed by atoms with Crippen LogP contribution in [-0.4, -0.2) is 13.1 Å². The molecule has 15 heavy (non-hydrogen) atoms. The van der Waals surface area contributed by atoms with Crippen molar-refractivity contribution in [2.75, 3.05) is 7.11 Å². The first-order valence-electron chi connectivity index (χ1n) is 4.93. The summed E-state index contributed by atoms with van der Waals surface area (Å²) in [6.07, 6.45) is 0.0239. The van der Waals surface area contributed by atoms with Crippen LogP contribution in [-0.2, 0) is 15.2 Å². The lowest BCUT2D eigenvalue weighted by atomic mass is 9.90. The summed E-state index contributed by atoms with van der Waals surface area (Å²) in [7, 11) is 1.27. The van der Waals surface area contributed by atoms with Gasteiger partial charge in [-0.1, -0.05) is 37.3 Å². The van der Waals surface area contributed by atoms with Crippen LogP contribution in [0.15, 0.2) is 30.3 Å². The van der Waals surface area contributed by atoms with Gasteiger partial charge in [-0.25, -0.2) is 4.39 Å². The molecule has 0 N–H and O–H groups in total. The number of ether oxygens (including phenoxy) is 1. The Bertz CT molecular complexity index is 324. The van der Waals surface area contributed by atoms with Crippen LogP contribution < -0.4 is 0 Å². The minimum absolute atomic E-state index is 0.232. The standard InChI is InChI=1S/C12H15FO2/c1-3-12(13,9-11(14)15-2)10-7-5-4-6-8-10/h4-8H,3,9H2,1-2H3. The lowest BCUT2D eigenvalue weighted by molar-refractivity contribution is -0.144. The van der Waals surface area contributed by atoms with Crippen molar-refractivity contribution in [1.82, 2.24) is 0 Å². The number of methoxy groups -OCH3 is 1. The van der Waals surface area contributed by atoms with Crippen molar-refractivity contribution in [2.24, 2.45) is 0 Å². The third-order valence-corrected chi connectivity index (χ3v) is 2.50. The summed E-state index contributed by atoms with van der Waals surface area (Å²) in [6, 6.07) is 8.71. The third kappa shape index (κ3) is 2.78. The Morgan fingerprint density at radius 3 is 2.47 bits per heavy atom. The quantitative estimate of drug-likeness (QED) is 0.714. The van der Waals surface area contributed by atoms with Crippen molar-refractivity contribution in [3.05, 3.63) is 35.9 Å². The van der Waals surface area contributed by atoms with Gasteiger partial charge in [-0.05, 0) is 12.0 Å². The van der Waals surface area contributed by atoms with E-state index in [1.54, 1.807) is 31.2 Å². The second-order valence-electron chi connectivity index (χ2n) is 3.44. The monoisotopic (exact) mass is 210 g/mol. The zero-order valence-corrected chi connectivity index (χ0v) is 9.00. The van der Waals surface area contributed by atoms with Crippen LogP contribution in [0.5, 0.6) is 0 Å². The third-order valence-electron chi connectivity index (χ3n) is 2.50. The van der Waals surface area contributed by atoms with Crippen LogP contribution in [0.4, 0.5) is 4.39 Å². The molecule has 0 radical (unpaired) electrons. The number of benzene rings is 1. The Morgan fingerprint density at radius 1 is 1.40 bits per heavy atom. The second-order valence-corrected chi connectivity index (χ2v) is 3.44. The number of carbonyl (C=O) groups is 1. The van der Waals surface area contributed by atoms with Gasteiger partial charge >= 0.3 is 5.97 Å². The van der Waals surface area contributed by atoms with Crippen LogP contribution in [0, 0.1) is 0 Å². The summed E-state index contributed by atoms with van der Waals surface area (Å²) < 4.78 is 18.9. The van der Waals surface area contributed by atoms with Crippen LogP contribution in [0.1, 0.15) is 25.3 Å². The number of hydrogen-bond acceptors (Lipinski definition) is 2. The maximum absolute atomic E-state index is 14.4. The van der Waals surface area contributed by atoms with E-state index in [1.807, 2.05) is 6.07 Å². The van der Waals surface area contributed by atoms with Crippen molar-refractivity contribution in [3.8, 4) is 0 Å². The van der Waals surface area contributed by atoms with E-state index in [0.29, 0.717) is 5.56 Å². The van der Waals surface area contributed by atoms with E-state index >= 15 is 0 Å². The maximum Gasteiger partial charge on any atom is 0.309 e. The number of alkyl halides is 1.